The molecule has 4 aromatic carbocycles. The van der Waals surface area contributed by atoms with Gasteiger partial charge in [0, 0.05) is 12.8 Å². The van der Waals surface area contributed by atoms with Gasteiger partial charge < -0.3 is 10.2 Å². The lowest BCUT2D eigenvalue weighted by atomic mass is 9.67. The van der Waals surface area contributed by atoms with Crippen molar-refractivity contribution in [2.75, 3.05) is 0 Å². The molecule has 30 heavy (non-hydrogen) atoms. The van der Waals surface area contributed by atoms with Crippen LogP contribution in [0.4, 0.5) is 0 Å². The Kier molecular flexibility index (Phi) is 5.80. The Morgan fingerprint density at radius 3 is 0.967 bits per heavy atom. The van der Waals surface area contributed by atoms with Crippen LogP contribution in [0.15, 0.2) is 121 Å². The van der Waals surface area contributed by atoms with E-state index in [1.165, 1.54) is 0 Å². The number of hydrogen-bond acceptors (Lipinski definition) is 2. The topological polar surface area (TPSA) is 40.5 Å². The van der Waals surface area contributed by atoms with E-state index in [4.69, 9.17) is 0 Å². The van der Waals surface area contributed by atoms with Gasteiger partial charge in [0.2, 0.25) is 0 Å². The van der Waals surface area contributed by atoms with Crippen molar-refractivity contribution < 1.29 is 10.2 Å². The molecular weight excluding hydrogens is 368 g/mol. The highest BCUT2D eigenvalue weighted by molar-refractivity contribution is 5.38. The molecule has 4 rings (SSSR count). The molecule has 150 valence electrons. The van der Waals surface area contributed by atoms with E-state index in [0.29, 0.717) is 11.1 Å². The molecule has 0 aliphatic carbocycles. The average Bonchev–Trinajstić information content (AvgIpc) is 2.81. The van der Waals surface area contributed by atoms with Crippen molar-refractivity contribution in [1.82, 2.24) is 0 Å². The number of hydrogen-bond donors (Lipinski definition) is 2. The van der Waals surface area contributed by atoms with E-state index < -0.39 is 11.2 Å². The summed E-state index contributed by atoms with van der Waals surface area (Å²) < 4.78 is 0. The maximum absolute atomic E-state index is 12.3. The van der Waals surface area contributed by atoms with E-state index in [9.17, 15) is 10.2 Å². The van der Waals surface area contributed by atoms with E-state index in [-0.39, 0.29) is 12.8 Å². The predicted molar refractivity (Wildman–Crippen MR) is 121 cm³/mol. The molecule has 0 aromatic heterocycles. The summed E-state index contributed by atoms with van der Waals surface area (Å²) in [7, 11) is 0. The summed E-state index contributed by atoms with van der Waals surface area (Å²) in [5, 5.41) is 24.6. The summed E-state index contributed by atoms with van der Waals surface area (Å²) in [6.07, 6.45) is 0.576. The fourth-order valence-electron chi connectivity index (χ4n) is 4.18. The van der Waals surface area contributed by atoms with Gasteiger partial charge in [0.1, 0.15) is 11.2 Å². The zero-order valence-electron chi connectivity index (χ0n) is 16.9. The Bertz CT molecular complexity index is 960. The summed E-state index contributed by atoms with van der Waals surface area (Å²) in [5.74, 6) is 0. The second-order valence-corrected chi connectivity index (χ2v) is 7.78. The SMILES string of the molecule is O[C@@](Cc1ccccc1)(c1ccccc1)[C@](O)(Cc1ccccc1)c1ccccc1. The Balaban J connectivity index is 1.91. The normalized spacial score (nSPS) is 15.1. The van der Waals surface area contributed by atoms with Crippen LogP contribution < -0.4 is 0 Å². The summed E-state index contributed by atoms with van der Waals surface area (Å²) in [5.41, 5.74) is 0.240. The molecule has 0 radical (unpaired) electrons. The average molecular weight is 395 g/mol. The zero-order valence-corrected chi connectivity index (χ0v) is 16.9. The lowest BCUT2D eigenvalue weighted by Crippen LogP contribution is -2.52. The van der Waals surface area contributed by atoms with Gasteiger partial charge in [-0.3, -0.25) is 0 Å². The highest BCUT2D eigenvalue weighted by Crippen LogP contribution is 2.45. The molecule has 2 heteroatoms. The Morgan fingerprint density at radius 1 is 0.400 bits per heavy atom. The molecule has 2 N–H and O–H groups in total. The largest absolute Gasteiger partial charge is 0.381 e. The van der Waals surface area contributed by atoms with Gasteiger partial charge in [0.05, 0.1) is 0 Å². The van der Waals surface area contributed by atoms with Crippen LogP contribution in [0.1, 0.15) is 22.3 Å². The van der Waals surface area contributed by atoms with Crippen molar-refractivity contribution >= 4 is 0 Å². The third-order valence-corrected chi connectivity index (χ3v) is 5.79. The first-order chi connectivity index (χ1) is 14.6. The van der Waals surface area contributed by atoms with Crippen LogP contribution in [0.25, 0.3) is 0 Å². The first-order valence-corrected chi connectivity index (χ1v) is 10.3. The van der Waals surface area contributed by atoms with Gasteiger partial charge in [0.25, 0.3) is 0 Å². The molecule has 0 saturated heterocycles. The molecule has 2 atom stereocenters. The third-order valence-electron chi connectivity index (χ3n) is 5.79. The van der Waals surface area contributed by atoms with Crippen molar-refractivity contribution in [3.8, 4) is 0 Å². The quantitative estimate of drug-likeness (QED) is 0.450. The number of aliphatic hydroxyl groups is 2. The standard InChI is InChI=1S/C28H26O2/c29-27(25-17-9-3-10-18-25,21-23-13-5-1-6-14-23)28(30,26-19-11-4-12-20-26)22-24-15-7-2-8-16-24/h1-20,29-30H,21-22H2/t27-,28-/m0/s1. The maximum Gasteiger partial charge on any atom is 0.127 e. The third kappa shape index (κ3) is 3.93. The summed E-state index contributed by atoms with van der Waals surface area (Å²) in [6, 6.07) is 38.7. The van der Waals surface area contributed by atoms with Gasteiger partial charge in [-0.1, -0.05) is 121 Å². The molecule has 2 nitrogen and oxygen atoms in total. The molecule has 0 spiro atoms. The molecule has 0 aliphatic rings. The molecule has 0 aliphatic heterocycles. The first-order valence-electron chi connectivity index (χ1n) is 10.3. The Hall–Kier alpha value is -3.20. The van der Waals surface area contributed by atoms with Crippen molar-refractivity contribution in [1.29, 1.82) is 0 Å². The Labute approximate surface area is 178 Å². The predicted octanol–water partition coefficient (Wildman–Crippen LogP) is 5.25. The second-order valence-electron chi connectivity index (χ2n) is 7.78. The Morgan fingerprint density at radius 2 is 0.667 bits per heavy atom. The molecule has 0 fully saturated rings. The first kappa shape index (κ1) is 20.1. The summed E-state index contributed by atoms with van der Waals surface area (Å²) in [6.45, 7) is 0. The lowest BCUT2D eigenvalue weighted by Gasteiger charge is -2.45. The fraction of sp³-hybridized carbons (Fsp3) is 0.143. The van der Waals surface area contributed by atoms with E-state index in [0.717, 1.165) is 11.1 Å². The van der Waals surface area contributed by atoms with Crippen molar-refractivity contribution in [3.05, 3.63) is 144 Å². The van der Waals surface area contributed by atoms with E-state index in [2.05, 4.69) is 0 Å². The van der Waals surface area contributed by atoms with Gasteiger partial charge in [0.15, 0.2) is 0 Å². The van der Waals surface area contributed by atoms with E-state index in [1.807, 2.05) is 121 Å². The molecular formula is C28H26O2. The minimum Gasteiger partial charge on any atom is -0.381 e. The monoisotopic (exact) mass is 394 g/mol. The highest BCUT2D eigenvalue weighted by Gasteiger charge is 2.51. The van der Waals surface area contributed by atoms with Crippen LogP contribution in [0.5, 0.6) is 0 Å². The van der Waals surface area contributed by atoms with Gasteiger partial charge in [-0.05, 0) is 22.3 Å². The minimum absolute atomic E-state index is 0.288. The van der Waals surface area contributed by atoms with Crippen LogP contribution in [-0.4, -0.2) is 10.2 Å². The summed E-state index contributed by atoms with van der Waals surface area (Å²) >= 11 is 0. The van der Waals surface area contributed by atoms with E-state index in [1.54, 1.807) is 0 Å². The van der Waals surface area contributed by atoms with Gasteiger partial charge in [-0.15, -0.1) is 0 Å². The van der Waals surface area contributed by atoms with Crippen LogP contribution in [-0.2, 0) is 24.0 Å². The smallest absolute Gasteiger partial charge is 0.127 e. The molecule has 0 saturated carbocycles. The van der Waals surface area contributed by atoms with Gasteiger partial charge >= 0.3 is 0 Å². The van der Waals surface area contributed by atoms with Gasteiger partial charge in [-0.25, -0.2) is 0 Å². The minimum atomic E-state index is -1.53. The van der Waals surface area contributed by atoms with Crippen LogP contribution in [0.3, 0.4) is 0 Å². The summed E-state index contributed by atoms with van der Waals surface area (Å²) in [4.78, 5) is 0. The fourth-order valence-corrected chi connectivity index (χ4v) is 4.18. The van der Waals surface area contributed by atoms with Crippen molar-refractivity contribution in [3.63, 3.8) is 0 Å². The highest BCUT2D eigenvalue weighted by atomic mass is 16.4. The molecule has 4 aromatic rings. The molecule has 0 amide bonds. The molecule has 0 bridgehead atoms. The van der Waals surface area contributed by atoms with Crippen LogP contribution in [0, 0.1) is 0 Å². The zero-order chi connectivity index (χ0) is 20.9. The van der Waals surface area contributed by atoms with Crippen molar-refractivity contribution in [2.24, 2.45) is 0 Å². The molecule has 0 heterocycles. The number of benzene rings is 4. The lowest BCUT2D eigenvalue weighted by molar-refractivity contribution is -0.165. The van der Waals surface area contributed by atoms with Crippen LogP contribution in [0.2, 0.25) is 0 Å². The van der Waals surface area contributed by atoms with Gasteiger partial charge in [-0.2, -0.15) is 0 Å². The van der Waals surface area contributed by atoms with E-state index >= 15 is 0 Å². The number of rotatable bonds is 7. The molecule has 0 unspecified atom stereocenters. The van der Waals surface area contributed by atoms with Crippen molar-refractivity contribution in [2.45, 2.75) is 24.0 Å². The maximum atomic E-state index is 12.3. The van der Waals surface area contributed by atoms with Crippen LogP contribution >= 0.6 is 0 Å². The second kappa shape index (κ2) is 8.66.